The van der Waals surface area contributed by atoms with Gasteiger partial charge in [-0.2, -0.15) is 0 Å². The van der Waals surface area contributed by atoms with E-state index >= 15 is 0 Å². The molecule has 0 aliphatic heterocycles. The molecule has 5 aliphatic rings. The molecule has 9 atom stereocenters. The second-order valence-electron chi connectivity index (χ2n) is 17.6. The molecular weight excluding hydrogens is 570 g/mol. The molecule has 4 saturated carbocycles. The number of carboxylic acids is 2. The molecule has 0 bridgehead atoms. The van der Waals surface area contributed by atoms with Gasteiger partial charge >= 0.3 is 11.9 Å². The van der Waals surface area contributed by atoms with E-state index in [2.05, 4.69) is 72.4 Å². The first-order valence-corrected chi connectivity index (χ1v) is 17.9. The molecule has 5 aliphatic carbocycles. The summed E-state index contributed by atoms with van der Waals surface area (Å²) in [5.41, 5.74) is 3.50. The summed E-state index contributed by atoms with van der Waals surface area (Å²) in [6.07, 6.45) is 14.6. The minimum absolute atomic E-state index is 0.0565. The lowest BCUT2D eigenvalue weighted by molar-refractivity contribution is -0.238. The van der Waals surface area contributed by atoms with Gasteiger partial charge in [0.1, 0.15) is 0 Å². The number of carbonyl (C=O) groups is 2. The number of fused-ring (bicyclic) bond motifs is 7. The Hall–Kier alpha value is -2.69. The molecule has 250 valence electrons. The number of aryl methyl sites for hydroxylation is 1. The van der Waals surface area contributed by atoms with Crippen molar-refractivity contribution in [2.45, 2.75) is 119 Å². The maximum atomic E-state index is 13.1. The van der Waals surface area contributed by atoms with Crippen molar-refractivity contribution in [2.75, 3.05) is 0 Å². The van der Waals surface area contributed by atoms with E-state index in [1.165, 1.54) is 11.1 Å². The van der Waals surface area contributed by atoms with E-state index in [-0.39, 0.29) is 39.4 Å². The molecule has 1 aromatic rings. The zero-order valence-electron chi connectivity index (χ0n) is 29.2. The molecule has 4 fully saturated rings. The number of rotatable bonds is 8. The minimum atomic E-state index is -0.777. The molecule has 6 rings (SSSR count). The fourth-order valence-electron chi connectivity index (χ4n) is 13.4. The van der Waals surface area contributed by atoms with E-state index in [1.54, 1.807) is 0 Å². The number of hydrogen-bond donors (Lipinski definition) is 3. The van der Waals surface area contributed by atoms with E-state index in [9.17, 15) is 25.2 Å². The lowest BCUT2D eigenvalue weighted by Gasteiger charge is -2.74. The quantitative estimate of drug-likeness (QED) is 0.197. The molecular formula is C41H57NO4. The Balaban J connectivity index is 1.40. The second-order valence-corrected chi connectivity index (χ2v) is 17.6. The van der Waals surface area contributed by atoms with Crippen molar-refractivity contribution in [3.05, 3.63) is 53.6 Å². The van der Waals surface area contributed by atoms with Crippen LogP contribution in [0.2, 0.25) is 0 Å². The average molecular weight is 628 g/mol. The molecule has 0 spiro atoms. The van der Waals surface area contributed by atoms with Gasteiger partial charge in [0.15, 0.2) is 0 Å². The van der Waals surface area contributed by atoms with Crippen LogP contribution in [0.4, 0.5) is 0 Å². The standard InChI is InChI=1S/C41H57NO4/c1-26(2)23-29-15-18-40(35(45)46)21-19-37(5)31(34(29)40)12-13-32-38(37,6)20-22-41(25-42)36(3,4)30(16-17-39(32,41)7)28-10-8-9-27(24-28)11-14-33(43)44/h8-10,16,24-25,29,31-32,34,42H,1,11-15,17-23H2,2-7H3,(H,43,44)(H,45,46). The Morgan fingerprint density at radius 1 is 0.957 bits per heavy atom. The molecule has 5 nitrogen and oxygen atoms in total. The maximum absolute atomic E-state index is 13.1. The highest BCUT2D eigenvalue weighted by Crippen LogP contribution is 2.80. The number of aliphatic carboxylic acids is 2. The summed E-state index contributed by atoms with van der Waals surface area (Å²) in [6.45, 7) is 18.7. The van der Waals surface area contributed by atoms with E-state index in [1.807, 2.05) is 12.3 Å². The predicted octanol–water partition coefficient (Wildman–Crippen LogP) is 9.85. The minimum Gasteiger partial charge on any atom is -0.481 e. The molecule has 0 amide bonds. The van der Waals surface area contributed by atoms with Crippen LogP contribution in [0.25, 0.3) is 5.57 Å². The second kappa shape index (κ2) is 10.9. The smallest absolute Gasteiger partial charge is 0.309 e. The Labute approximate surface area is 276 Å². The number of benzene rings is 1. The van der Waals surface area contributed by atoms with Gasteiger partial charge < -0.3 is 15.6 Å². The highest BCUT2D eigenvalue weighted by atomic mass is 16.4. The summed E-state index contributed by atoms with van der Waals surface area (Å²) in [6, 6.07) is 8.42. The van der Waals surface area contributed by atoms with Gasteiger partial charge in [0.05, 0.1) is 5.41 Å². The zero-order chi connectivity index (χ0) is 33.5. The van der Waals surface area contributed by atoms with E-state index in [0.29, 0.717) is 24.2 Å². The monoisotopic (exact) mass is 627 g/mol. The molecule has 5 heteroatoms. The van der Waals surface area contributed by atoms with Gasteiger partial charge in [-0.3, -0.25) is 9.59 Å². The third-order valence-electron chi connectivity index (χ3n) is 15.8. The molecule has 0 heterocycles. The molecule has 0 aromatic heterocycles. The van der Waals surface area contributed by atoms with Crippen molar-refractivity contribution < 1.29 is 19.8 Å². The van der Waals surface area contributed by atoms with Gasteiger partial charge in [-0.05, 0) is 134 Å². The normalized spacial score (nSPS) is 42.4. The average Bonchev–Trinajstić information content (AvgIpc) is 3.35. The van der Waals surface area contributed by atoms with E-state index < -0.39 is 17.4 Å². The van der Waals surface area contributed by atoms with Gasteiger partial charge in [0.25, 0.3) is 0 Å². The molecule has 46 heavy (non-hydrogen) atoms. The lowest BCUT2D eigenvalue weighted by atomic mass is 9.29. The molecule has 1 aromatic carbocycles. The van der Waals surface area contributed by atoms with Gasteiger partial charge in [0.2, 0.25) is 0 Å². The lowest BCUT2D eigenvalue weighted by Crippen LogP contribution is -2.69. The van der Waals surface area contributed by atoms with Crippen LogP contribution in [0.15, 0.2) is 42.5 Å². The van der Waals surface area contributed by atoms with Gasteiger partial charge in [-0.15, -0.1) is 6.58 Å². The molecule has 9 unspecified atom stereocenters. The highest BCUT2D eigenvalue weighted by Gasteiger charge is 2.74. The highest BCUT2D eigenvalue weighted by molar-refractivity contribution is 5.80. The van der Waals surface area contributed by atoms with Gasteiger partial charge in [0, 0.05) is 23.5 Å². The van der Waals surface area contributed by atoms with Crippen molar-refractivity contribution in [1.29, 1.82) is 5.41 Å². The van der Waals surface area contributed by atoms with E-state index in [0.717, 1.165) is 75.3 Å². The van der Waals surface area contributed by atoms with Gasteiger partial charge in [-0.1, -0.05) is 70.5 Å². The third kappa shape index (κ3) is 4.27. The van der Waals surface area contributed by atoms with Crippen molar-refractivity contribution in [3.8, 4) is 0 Å². The number of allylic oxidation sites excluding steroid dienone is 3. The van der Waals surface area contributed by atoms with Gasteiger partial charge in [-0.25, -0.2) is 0 Å². The third-order valence-corrected chi connectivity index (χ3v) is 15.8. The topological polar surface area (TPSA) is 98.5 Å². The molecule has 0 saturated heterocycles. The van der Waals surface area contributed by atoms with Crippen LogP contribution < -0.4 is 0 Å². The van der Waals surface area contributed by atoms with Crippen molar-refractivity contribution >= 4 is 23.7 Å². The Bertz CT molecular complexity index is 1490. The summed E-state index contributed by atoms with van der Waals surface area (Å²) in [5.74, 6) is 0.118. The maximum Gasteiger partial charge on any atom is 0.309 e. The zero-order valence-corrected chi connectivity index (χ0v) is 29.2. The predicted molar refractivity (Wildman–Crippen MR) is 185 cm³/mol. The van der Waals surface area contributed by atoms with Crippen molar-refractivity contribution in [3.63, 3.8) is 0 Å². The Morgan fingerprint density at radius 2 is 1.67 bits per heavy atom. The van der Waals surface area contributed by atoms with Crippen LogP contribution in [-0.2, 0) is 16.0 Å². The van der Waals surface area contributed by atoms with Crippen LogP contribution in [0.3, 0.4) is 0 Å². The summed E-state index contributed by atoms with van der Waals surface area (Å²) in [4.78, 5) is 24.4. The summed E-state index contributed by atoms with van der Waals surface area (Å²) < 4.78 is 0. The van der Waals surface area contributed by atoms with Crippen LogP contribution in [-0.4, -0.2) is 28.4 Å². The van der Waals surface area contributed by atoms with Crippen LogP contribution in [0.5, 0.6) is 0 Å². The number of carboxylic acid groups (broad SMARTS) is 2. The summed E-state index contributed by atoms with van der Waals surface area (Å²) in [5, 5.41) is 29.2. The van der Waals surface area contributed by atoms with Crippen LogP contribution in [0, 0.1) is 61.6 Å². The fraction of sp³-hybridized carbons (Fsp3) is 0.683. The first kappa shape index (κ1) is 33.2. The molecule has 0 radical (unpaired) electrons. The summed E-state index contributed by atoms with van der Waals surface area (Å²) >= 11 is 0. The van der Waals surface area contributed by atoms with Crippen LogP contribution >= 0.6 is 0 Å². The first-order valence-electron chi connectivity index (χ1n) is 17.9. The number of nitrogens with one attached hydrogen (secondary N) is 1. The molecule has 3 N–H and O–H groups in total. The van der Waals surface area contributed by atoms with Crippen molar-refractivity contribution in [2.24, 2.45) is 56.2 Å². The van der Waals surface area contributed by atoms with Crippen molar-refractivity contribution in [1.82, 2.24) is 0 Å². The van der Waals surface area contributed by atoms with E-state index in [4.69, 9.17) is 0 Å². The first-order chi connectivity index (χ1) is 21.5. The largest absolute Gasteiger partial charge is 0.481 e. The van der Waals surface area contributed by atoms with Crippen LogP contribution in [0.1, 0.15) is 123 Å². The Kier molecular flexibility index (Phi) is 7.89. The SMILES string of the molecule is C=C(C)CC1CCC2(C(=O)O)CCC3(C)C(CCC4C3(C)CCC3(C=N)C(C)(C)C(c5cccc(CCC(=O)O)c5)=CCC43C)C12. The number of hydrogen-bond acceptors (Lipinski definition) is 3. The Morgan fingerprint density at radius 3 is 2.33 bits per heavy atom. The summed E-state index contributed by atoms with van der Waals surface area (Å²) in [7, 11) is 0. The fourth-order valence-corrected chi connectivity index (χ4v) is 13.4.